The Kier molecular flexibility index (Phi) is 7.59. The van der Waals surface area contributed by atoms with E-state index in [1.165, 1.54) is 16.7 Å². The number of amides is 2. The molecule has 0 spiro atoms. The van der Waals surface area contributed by atoms with Crippen molar-refractivity contribution in [3.8, 4) is 5.69 Å². The highest BCUT2D eigenvalue weighted by Gasteiger charge is 2.36. The van der Waals surface area contributed by atoms with Crippen molar-refractivity contribution in [1.82, 2.24) is 20.0 Å². The van der Waals surface area contributed by atoms with E-state index in [-0.39, 0.29) is 11.8 Å². The molecule has 7 nitrogen and oxygen atoms in total. The van der Waals surface area contributed by atoms with Crippen LogP contribution >= 0.6 is 11.6 Å². The molecule has 0 unspecified atom stereocenters. The number of hydrogen-bond acceptors (Lipinski definition) is 4. The standard InChI is InChI=1S/C28H30ClN5O2.C2H6/c1-17-12-22(13-19-16-32(2)10-8-23(17)19)33-11-9-24-25(27(35)30-15-18-6-7-18)31-34(26(24)28(33)36)21-5-3-4-20(29)14-21;1-2/h3-5,12-14,18H,6-11,15-16H2,1-2H3,(H,30,35);1-2H3. The van der Waals surface area contributed by atoms with Gasteiger partial charge in [0.25, 0.3) is 11.8 Å². The van der Waals surface area contributed by atoms with Crippen molar-refractivity contribution in [2.45, 2.75) is 53.0 Å². The third-order valence-corrected chi connectivity index (χ3v) is 7.81. The molecule has 1 fully saturated rings. The first-order chi connectivity index (χ1) is 18.4. The van der Waals surface area contributed by atoms with Gasteiger partial charge in [0.2, 0.25) is 0 Å². The number of halogens is 1. The minimum absolute atomic E-state index is 0.145. The van der Waals surface area contributed by atoms with Gasteiger partial charge in [-0.15, -0.1) is 0 Å². The fourth-order valence-corrected chi connectivity index (χ4v) is 5.61. The molecule has 0 radical (unpaired) electrons. The van der Waals surface area contributed by atoms with Gasteiger partial charge in [-0.1, -0.05) is 31.5 Å². The predicted molar refractivity (Wildman–Crippen MR) is 152 cm³/mol. The van der Waals surface area contributed by atoms with E-state index in [2.05, 4.69) is 41.4 Å². The number of nitrogens with zero attached hydrogens (tertiary/aromatic N) is 4. The smallest absolute Gasteiger partial charge is 0.277 e. The SMILES string of the molecule is CC.Cc1cc(N2CCc3c(C(=O)NCC4CC4)nn(-c4cccc(Cl)c4)c3C2=O)cc2c1CCN(C)C2. The van der Waals surface area contributed by atoms with Gasteiger partial charge < -0.3 is 15.1 Å². The Bertz CT molecular complexity index is 1380. The summed E-state index contributed by atoms with van der Waals surface area (Å²) in [5.41, 5.74) is 6.93. The molecule has 1 aromatic heterocycles. The Morgan fingerprint density at radius 2 is 1.84 bits per heavy atom. The first kappa shape index (κ1) is 26.4. The van der Waals surface area contributed by atoms with E-state index in [1.807, 2.05) is 30.9 Å². The number of carbonyl (C=O) groups is 2. The summed E-state index contributed by atoms with van der Waals surface area (Å²) in [4.78, 5) is 31.3. The van der Waals surface area contributed by atoms with Crippen LogP contribution in [0.4, 0.5) is 5.69 Å². The maximum absolute atomic E-state index is 14.0. The molecule has 3 heterocycles. The molecule has 0 bridgehead atoms. The van der Waals surface area contributed by atoms with Crippen LogP contribution in [0.25, 0.3) is 5.69 Å². The number of fused-ring (bicyclic) bond motifs is 2. The van der Waals surface area contributed by atoms with Gasteiger partial charge in [-0.3, -0.25) is 9.59 Å². The zero-order valence-corrected chi connectivity index (χ0v) is 23.4. The monoisotopic (exact) mass is 533 g/mol. The molecule has 2 aromatic carbocycles. The third-order valence-electron chi connectivity index (χ3n) is 7.58. The largest absolute Gasteiger partial charge is 0.350 e. The van der Waals surface area contributed by atoms with Gasteiger partial charge in [-0.2, -0.15) is 5.10 Å². The number of hydrogen-bond donors (Lipinski definition) is 1. The van der Waals surface area contributed by atoms with E-state index in [0.29, 0.717) is 53.1 Å². The molecule has 3 aromatic rings. The van der Waals surface area contributed by atoms with E-state index >= 15 is 0 Å². The van der Waals surface area contributed by atoms with Crippen LogP contribution in [0, 0.1) is 12.8 Å². The van der Waals surface area contributed by atoms with Gasteiger partial charge in [-0.25, -0.2) is 4.68 Å². The van der Waals surface area contributed by atoms with Crippen LogP contribution in [0.3, 0.4) is 0 Å². The Balaban J connectivity index is 0.00000144. The highest BCUT2D eigenvalue weighted by Crippen LogP contribution is 2.33. The van der Waals surface area contributed by atoms with Crippen LogP contribution in [-0.2, 0) is 19.4 Å². The highest BCUT2D eigenvalue weighted by atomic mass is 35.5. The van der Waals surface area contributed by atoms with E-state index in [9.17, 15) is 9.59 Å². The number of carbonyl (C=O) groups excluding carboxylic acids is 2. The number of nitrogens with one attached hydrogen (secondary N) is 1. The van der Waals surface area contributed by atoms with Crippen molar-refractivity contribution in [3.05, 3.63) is 75.1 Å². The summed E-state index contributed by atoms with van der Waals surface area (Å²) < 4.78 is 1.60. The minimum Gasteiger partial charge on any atom is -0.350 e. The van der Waals surface area contributed by atoms with Gasteiger partial charge in [-0.05, 0) is 92.6 Å². The van der Waals surface area contributed by atoms with Crippen LogP contribution in [0.1, 0.15) is 69.9 Å². The number of aryl methyl sites for hydroxylation is 1. The molecule has 8 heteroatoms. The van der Waals surface area contributed by atoms with Gasteiger partial charge in [0.05, 0.1) is 5.69 Å². The van der Waals surface area contributed by atoms with Gasteiger partial charge >= 0.3 is 0 Å². The second-order valence-corrected chi connectivity index (χ2v) is 10.8. The lowest BCUT2D eigenvalue weighted by atomic mass is 9.93. The topological polar surface area (TPSA) is 70.5 Å². The average molecular weight is 534 g/mol. The molecular weight excluding hydrogens is 498 g/mol. The van der Waals surface area contributed by atoms with E-state index in [1.54, 1.807) is 16.8 Å². The van der Waals surface area contributed by atoms with Gasteiger partial charge in [0.1, 0.15) is 5.69 Å². The molecule has 0 atom stereocenters. The summed E-state index contributed by atoms with van der Waals surface area (Å²) in [5.74, 6) is 0.199. The van der Waals surface area contributed by atoms with Crippen molar-refractivity contribution < 1.29 is 9.59 Å². The van der Waals surface area contributed by atoms with Crippen LogP contribution in [0.5, 0.6) is 0 Å². The van der Waals surface area contributed by atoms with E-state index < -0.39 is 0 Å². The first-order valence-corrected chi connectivity index (χ1v) is 14.1. The normalized spacial score (nSPS) is 16.9. The summed E-state index contributed by atoms with van der Waals surface area (Å²) in [7, 11) is 2.13. The molecule has 38 heavy (non-hydrogen) atoms. The van der Waals surface area contributed by atoms with E-state index in [4.69, 9.17) is 11.6 Å². The van der Waals surface area contributed by atoms with Crippen LogP contribution in [0.15, 0.2) is 36.4 Å². The number of anilines is 1. The van der Waals surface area contributed by atoms with Crippen molar-refractivity contribution in [2.24, 2.45) is 5.92 Å². The Hall–Kier alpha value is -3.16. The molecule has 1 N–H and O–H groups in total. The summed E-state index contributed by atoms with van der Waals surface area (Å²) in [5, 5.41) is 8.24. The molecule has 2 amide bonds. The summed E-state index contributed by atoms with van der Waals surface area (Å²) >= 11 is 6.28. The van der Waals surface area contributed by atoms with Crippen molar-refractivity contribution in [2.75, 3.05) is 31.6 Å². The lowest BCUT2D eigenvalue weighted by Gasteiger charge is -2.31. The van der Waals surface area contributed by atoms with Crippen LogP contribution in [0.2, 0.25) is 5.02 Å². The molecule has 200 valence electrons. The maximum atomic E-state index is 14.0. The summed E-state index contributed by atoms with van der Waals surface area (Å²) in [6, 6.07) is 11.5. The lowest BCUT2D eigenvalue weighted by Crippen LogP contribution is -2.39. The average Bonchev–Trinajstić information content (AvgIpc) is 3.66. The highest BCUT2D eigenvalue weighted by molar-refractivity contribution is 6.30. The van der Waals surface area contributed by atoms with Crippen LogP contribution in [-0.4, -0.2) is 53.2 Å². The number of aromatic nitrogens is 2. The minimum atomic E-state index is -0.215. The molecule has 3 aliphatic rings. The van der Waals surface area contributed by atoms with Crippen LogP contribution < -0.4 is 10.2 Å². The van der Waals surface area contributed by atoms with Crippen molar-refractivity contribution >= 4 is 29.1 Å². The molecule has 1 aliphatic carbocycles. The summed E-state index contributed by atoms with van der Waals surface area (Å²) in [6.07, 6.45) is 3.89. The first-order valence-electron chi connectivity index (χ1n) is 13.7. The number of benzene rings is 2. The molecule has 6 rings (SSSR count). The zero-order chi connectivity index (χ0) is 27.0. The fraction of sp³-hybridized carbons (Fsp3) is 0.433. The van der Waals surface area contributed by atoms with Gasteiger partial charge in [0, 0.05) is 42.5 Å². The van der Waals surface area contributed by atoms with Crippen molar-refractivity contribution in [1.29, 1.82) is 0 Å². The third kappa shape index (κ3) is 5.09. The quantitative estimate of drug-likeness (QED) is 0.490. The molecule has 2 aliphatic heterocycles. The maximum Gasteiger partial charge on any atom is 0.277 e. The fourth-order valence-electron chi connectivity index (χ4n) is 5.42. The van der Waals surface area contributed by atoms with Gasteiger partial charge in [0.15, 0.2) is 5.69 Å². The molecular formula is C30H36ClN5O2. The second kappa shape index (κ2) is 10.9. The van der Waals surface area contributed by atoms with Crippen molar-refractivity contribution in [3.63, 3.8) is 0 Å². The zero-order valence-electron chi connectivity index (χ0n) is 22.7. The molecule has 1 saturated carbocycles. The Labute approximate surface area is 229 Å². The predicted octanol–water partition coefficient (Wildman–Crippen LogP) is 5.19. The summed E-state index contributed by atoms with van der Waals surface area (Å²) in [6.45, 7) is 9.21. The number of rotatable bonds is 5. The lowest BCUT2D eigenvalue weighted by molar-refractivity contribution is 0.0945. The second-order valence-electron chi connectivity index (χ2n) is 10.3. The Morgan fingerprint density at radius 1 is 1.08 bits per heavy atom. The number of likely N-dealkylation sites (N-methyl/N-ethyl adjacent to an activating group) is 1. The molecule has 0 saturated heterocycles. The Morgan fingerprint density at radius 3 is 2.58 bits per heavy atom. The van der Waals surface area contributed by atoms with E-state index in [0.717, 1.165) is 38.0 Å².